The lowest BCUT2D eigenvalue weighted by atomic mass is 10.3. The number of anilines is 1. The van der Waals surface area contributed by atoms with E-state index in [1.807, 2.05) is 34.9 Å². The van der Waals surface area contributed by atoms with E-state index >= 15 is 0 Å². The number of benzene rings is 1. The first kappa shape index (κ1) is 12.6. The van der Waals surface area contributed by atoms with Gasteiger partial charge in [-0.25, -0.2) is 15.0 Å². The Bertz CT molecular complexity index is 695. The van der Waals surface area contributed by atoms with E-state index in [1.165, 1.54) is 6.33 Å². The third-order valence-electron chi connectivity index (χ3n) is 3.00. The predicted octanol–water partition coefficient (Wildman–Crippen LogP) is 1.61. The van der Waals surface area contributed by atoms with E-state index in [0.29, 0.717) is 18.8 Å². The summed E-state index contributed by atoms with van der Waals surface area (Å²) in [6.45, 7) is 0.806. The van der Waals surface area contributed by atoms with E-state index in [1.54, 1.807) is 6.33 Å². The van der Waals surface area contributed by atoms with Crippen LogP contribution in [0.1, 0.15) is 6.42 Å². The van der Waals surface area contributed by atoms with Crippen LogP contribution in [0.4, 0.5) is 5.82 Å². The third-order valence-corrected chi connectivity index (χ3v) is 3.00. The van der Waals surface area contributed by atoms with Gasteiger partial charge in [0, 0.05) is 18.8 Å². The average Bonchev–Trinajstić information content (AvgIpc) is 2.93. The summed E-state index contributed by atoms with van der Waals surface area (Å²) < 4.78 is 1.92. The van der Waals surface area contributed by atoms with Gasteiger partial charge in [-0.1, -0.05) is 18.2 Å². The fourth-order valence-electron chi connectivity index (χ4n) is 2.03. The van der Waals surface area contributed by atoms with Gasteiger partial charge >= 0.3 is 0 Å². The number of rotatable bonds is 5. The largest absolute Gasteiger partial charge is 0.396 e. The van der Waals surface area contributed by atoms with Crippen molar-refractivity contribution in [1.82, 2.24) is 19.5 Å². The molecule has 0 atom stereocenters. The molecule has 0 unspecified atom stereocenters. The lowest BCUT2D eigenvalue weighted by molar-refractivity contribution is 0.292. The van der Waals surface area contributed by atoms with Gasteiger partial charge in [0.15, 0.2) is 17.0 Å². The maximum Gasteiger partial charge on any atom is 0.170 e. The van der Waals surface area contributed by atoms with Crippen molar-refractivity contribution < 1.29 is 5.11 Å². The Labute approximate surface area is 116 Å². The zero-order chi connectivity index (χ0) is 13.8. The Balaban J connectivity index is 1.99. The van der Waals surface area contributed by atoms with Crippen LogP contribution in [-0.2, 0) is 0 Å². The van der Waals surface area contributed by atoms with E-state index in [0.717, 1.165) is 16.9 Å². The van der Waals surface area contributed by atoms with Gasteiger partial charge in [-0.2, -0.15) is 0 Å². The Hall–Kier alpha value is -2.47. The van der Waals surface area contributed by atoms with E-state index in [2.05, 4.69) is 20.3 Å². The molecule has 0 saturated heterocycles. The number of aliphatic hydroxyl groups is 1. The Morgan fingerprint density at radius 3 is 2.75 bits per heavy atom. The smallest absolute Gasteiger partial charge is 0.170 e. The summed E-state index contributed by atoms with van der Waals surface area (Å²) in [5.74, 6) is 0.693. The van der Waals surface area contributed by atoms with E-state index in [9.17, 15) is 0 Å². The minimum atomic E-state index is 0.152. The van der Waals surface area contributed by atoms with Crippen molar-refractivity contribution in [2.75, 3.05) is 18.5 Å². The summed E-state index contributed by atoms with van der Waals surface area (Å²) >= 11 is 0. The van der Waals surface area contributed by atoms with Crippen molar-refractivity contribution in [1.29, 1.82) is 0 Å². The first-order valence-corrected chi connectivity index (χ1v) is 6.48. The van der Waals surface area contributed by atoms with Gasteiger partial charge in [-0.05, 0) is 18.6 Å². The number of fused-ring (bicyclic) bond motifs is 1. The molecule has 0 aliphatic rings. The van der Waals surface area contributed by atoms with E-state index in [4.69, 9.17) is 5.11 Å². The molecule has 3 rings (SSSR count). The fraction of sp³-hybridized carbons (Fsp3) is 0.214. The van der Waals surface area contributed by atoms with Crippen molar-refractivity contribution in [2.45, 2.75) is 6.42 Å². The number of aliphatic hydroxyl groups excluding tert-OH is 1. The maximum atomic E-state index is 8.82. The summed E-state index contributed by atoms with van der Waals surface area (Å²) in [5, 5.41) is 12.0. The van der Waals surface area contributed by atoms with Crippen molar-refractivity contribution in [2.24, 2.45) is 0 Å². The molecule has 2 N–H and O–H groups in total. The predicted molar refractivity (Wildman–Crippen MR) is 76.9 cm³/mol. The highest BCUT2D eigenvalue weighted by molar-refractivity contribution is 5.83. The van der Waals surface area contributed by atoms with Crippen LogP contribution in [0.25, 0.3) is 16.9 Å². The van der Waals surface area contributed by atoms with Crippen LogP contribution in [0.5, 0.6) is 0 Å². The molecule has 102 valence electrons. The van der Waals surface area contributed by atoms with E-state index in [-0.39, 0.29) is 6.61 Å². The van der Waals surface area contributed by atoms with Gasteiger partial charge in [0.2, 0.25) is 0 Å². The summed E-state index contributed by atoms with van der Waals surface area (Å²) in [6, 6.07) is 9.93. The topological polar surface area (TPSA) is 75.9 Å². The average molecular weight is 269 g/mol. The van der Waals surface area contributed by atoms with Crippen LogP contribution < -0.4 is 5.32 Å². The van der Waals surface area contributed by atoms with Crippen LogP contribution in [0.15, 0.2) is 43.0 Å². The van der Waals surface area contributed by atoms with Crippen molar-refractivity contribution in [3.63, 3.8) is 0 Å². The van der Waals surface area contributed by atoms with Crippen LogP contribution in [0.2, 0.25) is 0 Å². The third kappa shape index (κ3) is 2.33. The second-order valence-corrected chi connectivity index (χ2v) is 4.35. The van der Waals surface area contributed by atoms with Gasteiger partial charge in [0.1, 0.15) is 12.7 Å². The molecule has 0 spiro atoms. The van der Waals surface area contributed by atoms with Gasteiger partial charge in [0.25, 0.3) is 0 Å². The Kier molecular flexibility index (Phi) is 3.56. The highest BCUT2D eigenvalue weighted by Crippen LogP contribution is 2.20. The van der Waals surface area contributed by atoms with Gasteiger partial charge in [-0.15, -0.1) is 0 Å². The standard InChI is InChI=1S/C14H15N5O/c20-8-4-7-15-13-12-14(17-9-16-13)19(10-18-12)11-5-2-1-3-6-11/h1-3,5-6,9-10,20H,4,7-8H2,(H,15,16,17). The molecule has 2 aromatic heterocycles. The molecule has 0 amide bonds. The highest BCUT2D eigenvalue weighted by atomic mass is 16.3. The van der Waals surface area contributed by atoms with E-state index < -0.39 is 0 Å². The van der Waals surface area contributed by atoms with Gasteiger partial charge < -0.3 is 10.4 Å². The minimum Gasteiger partial charge on any atom is -0.396 e. The maximum absolute atomic E-state index is 8.82. The summed E-state index contributed by atoms with van der Waals surface area (Å²) in [6.07, 6.45) is 3.93. The Morgan fingerprint density at radius 2 is 1.95 bits per heavy atom. The molecule has 6 nitrogen and oxygen atoms in total. The molecule has 1 aromatic carbocycles. The molecule has 0 saturated carbocycles. The summed E-state index contributed by atoms with van der Waals surface area (Å²) in [4.78, 5) is 12.9. The van der Waals surface area contributed by atoms with Crippen LogP contribution in [-0.4, -0.2) is 37.8 Å². The zero-order valence-electron chi connectivity index (χ0n) is 10.9. The molecule has 0 fully saturated rings. The molecule has 0 aliphatic heterocycles. The molecule has 0 radical (unpaired) electrons. The second-order valence-electron chi connectivity index (χ2n) is 4.35. The first-order valence-electron chi connectivity index (χ1n) is 6.48. The number of hydrogen-bond acceptors (Lipinski definition) is 5. The van der Waals surface area contributed by atoms with Crippen molar-refractivity contribution >= 4 is 17.0 Å². The van der Waals surface area contributed by atoms with Crippen LogP contribution in [0, 0.1) is 0 Å². The fourth-order valence-corrected chi connectivity index (χ4v) is 2.03. The number of aromatic nitrogens is 4. The molecular formula is C14H15N5O. The SMILES string of the molecule is OCCCNc1ncnc2c1ncn2-c1ccccc1. The van der Waals surface area contributed by atoms with Crippen LogP contribution in [0.3, 0.4) is 0 Å². The lowest BCUT2D eigenvalue weighted by Gasteiger charge is -2.05. The molecule has 2 heterocycles. The summed E-state index contributed by atoms with van der Waals surface area (Å²) in [7, 11) is 0. The van der Waals surface area contributed by atoms with Crippen molar-refractivity contribution in [3.8, 4) is 5.69 Å². The molecule has 6 heteroatoms. The molecule has 20 heavy (non-hydrogen) atoms. The first-order chi connectivity index (χ1) is 9.90. The molecular weight excluding hydrogens is 254 g/mol. The molecule has 0 bridgehead atoms. The monoisotopic (exact) mass is 269 g/mol. The second kappa shape index (κ2) is 5.66. The lowest BCUT2D eigenvalue weighted by Crippen LogP contribution is -2.06. The number of hydrogen-bond donors (Lipinski definition) is 2. The normalized spacial score (nSPS) is 10.8. The molecule has 3 aromatic rings. The zero-order valence-corrected chi connectivity index (χ0v) is 10.9. The number of para-hydroxylation sites is 1. The molecule has 0 aliphatic carbocycles. The number of nitrogens with one attached hydrogen (secondary N) is 1. The summed E-state index contributed by atoms with van der Waals surface area (Å²) in [5.41, 5.74) is 2.50. The number of nitrogens with zero attached hydrogens (tertiary/aromatic N) is 4. The van der Waals surface area contributed by atoms with Gasteiger partial charge in [0.05, 0.1) is 0 Å². The van der Waals surface area contributed by atoms with Crippen molar-refractivity contribution in [3.05, 3.63) is 43.0 Å². The highest BCUT2D eigenvalue weighted by Gasteiger charge is 2.10. The quantitative estimate of drug-likeness (QED) is 0.688. The number of imidazole rings is 1. The van der Waals surface area contributed by atoms with Gasteiger partial charge in [-0.3, -0.25) is 4.57 Å². The minimum absolute atomic E-state index is 0.152. The van der Waals surface area contributed by atoms with Crippen LogP contribution >= 0.6 is 0 Å². The Morgan fingerprint density at radius 1 is 1.10 bits per heavy atom.